The predicted molar refractivity (Wildman–Crippen MR) is 127 cm³/mol. The lowest BCUT2D eigenvalue weighted by Gasteiger charge is -2.24. The molecule has 0 aliphatic carbocycles. The third kappa shape index (κ3) is 6.22. The molecule has 3 rings (SSSR count). The number of benzene rings is 1. The molecule has 1 aromatic carbocycles. The van der Waals surface area contributed by atoms with Gasteiger partial charge < -0.3 is 24.8 Å². The fraction of sp³-hybridized carbons (Fsp3) is 0.625. The maximum atomic E-state index is 12.2. The van der Waals surface area contributed by atoms with Gasteiger partial charge in [0.15, 0.2) is 5.96 Å². The number of amides is 2. The fourth-order valence-electron chi connectivity index (χ4n) is 4.23. The van der Waals surface area contributed by atoms with Crippen molar-refractivity contribution in [1.82, 2.24) is 15.1 Å². The normalized spacial score (nSPS) is 18.3. The zero-order chi connectivity index (χ0) is 22.9. The molecule has 2 heterocycles. The van der Waals surface area contributed by atoms with Crippen molar-refractivity contribution in [3.8, 4) is 0 Å². The number of carbonyl (C=O) groups is 2. The van der Waals surface area contributed by atoms with Gasteiger partial charge in [0.1, 0.15) is 6.54 Å². The molecule has 0 spiro atoms. The second-order valence-corrected chi connectivity index (χ2v) is 8.54. The molecule has 0 aromatic heterocycles. The number of fused-ring (bicyclic) bond motifs is 1. The zero-order valence-electron chi connectivity index (χ0n) is 19.7. The summed E-state index contributed by atoms with van der Waals surface area (Å²) in [6.45, 7) is 6.66. The molecule has 1 fully saturated rings. The van der Waals surface area contributed by atoms with E-state index in [2.05, 4.69) is 33.4 Å². The highest BCUT2D eigenvalue weighted by molar-refractivity contribution is 5.99. The number of carbonyl (C=O) groups excluding carboxylic acids is 2. The molecule has 8 heteroatoms. The number of nitrogens with one attached hydrogen (secondary N) is 1. The van der Waals surface area contributed by atoms with E-state index in [9.17, 15) is 9.59 Å². The van der Waals surface area contributed by atoms with E-state index in [1.165, 1.54) is 5.56 Å². The highest BCUT2D eigenvalue weighted by Gasteiger charge is 2.32. The Hall–Kier alpha value is -2.61. The molecule has 176 valence electrons. The number of para-hydroxylation sites is 1. The van der Waals surface area contributed by atoms with Gasteiger partial charge in [0.05, 0.1) is 0 Å². The van der Waals surface area contributed by atoms with Gasteiger partial charge in [-0.15, -0.1) is 0 Å². The number of aliphatic imine (C=N–C) groups is 1. The van der Waals surface area contributed by atoms with E-state index in [1.54, 1.807) is 19.0 Å². The molecule has 0 bridgehead atoms. The third-order valence-corrected chi connectivity index (χ3v) is 6.06. The van der Waals surface area contributed by atoms with Crippen LogP contribution in [0.25, 0.3) is 0 Å². The second kappa shape index (κ2) is 11.9. The lowest BCUT2D eigenvalue weighted by Crippen LogP contribution is -2.42. The lowest BCUT2D eigenvalue weighted by atomic mass is 9.98. The summed E-state index contributed by atoms with van der Waals surface area (Å²) in [5.41, 5.74) is 2.40. The molecule has 8 nitrogen and oxygen atoms in total. The van der Waals surface area contributed by atoms with Crippen molar-refractivity contribution in [3.05, 3.63) is 29.8 Å². The monoisotopic (exact) mass is 443 g/mol. The Balaban J connectivity index is 1.72. The quantitative estimate of drug-likeness (QED) is 0.340. The third-order valence-electron chi connectivity index (χ3n) is 6.06. The summed E-state index contributed by atoms with van der Waals surface area (Å²) in [5, 5.41) is 3.44. The first kappa shape index (κ1) is 24.0. The van der Waals surface area contributed by atoms with Crippen LogP contribution in [-0.4, -0.2) is 87.6 Å². The lowest BCUT2D eigenvalue weighted by molar-refractivity contribution is -0.128. The van der Waals surface area contributed by atoms with E-state index >= 15 is 0 Å². The van der Waals surface area contributed by atoms with Gasteiger partial charge in [-0.3, -0.25) is 9.59 Å². The van der Waals surface area contributed by atoms with Crippen molar-refractivity contribution < 1.29 is 14.3 Å². The molecule has 1 aromatic rings. The van der Waals surface area contributed by atoms with Crippen LogP contribution in [0.5, 0.6) is 0 Å². The van der Waals surface area contributed by atoms with Crippen LogP contribution in [0.15, 0.2) is 29.3 Å². The van der Waals surface area contributed by atoms with Crippen LogP contribution >= 0.6 is 0 Å². The molecule has 32 heavy (non-hydrogen) atoms. The van der Waals surface area contributed by atoms with Crippen LogP contribution < -0.4 is 10.2 Å². The first-order chi connectivity index (χ1) is 15.5. The topological polar surface area (TPSA) is 77.5 Å². The summed E-state index contributed by atoms with van der Waals surface area (Å²) in [4.78, 5) is 34.6. The molecule has 2 aliphatic rings. The van der Waals surface area contributed by atoms with Gasteiger partial charge in [-0.25, -0.2) is 4.99 Å². The minimum Gasteiger partial charge on any atom is -0.382 e. The van der Waals surface area contributed by atoms with Gasteiger partial charge in [-0.1, -0.05) is 18.2 Å². The van der Waals surface area contributed by atoms with Gasteiger partial charge in [0, 0.05) is 71.5 Å². The maximum Gasteiger partial charge on any atom is 0.243 e. The molecular weight excluding hydrogens is 406 g/mol. The summed E-state index contributed by atoms with van der Waals surface area (Å²) >= 11 is 0. The number of rotatable bonds is 10. The standard InChI is InChI=1S/C24H37N5O3/c1-4-32-16-8-13-25-24(26-17-23(31)27(2)3)29-18-19(20-9-5-6-10-21(20)29)12-15-28-14-7-11-22(28)30/h5-6,9-10,19H,4,7-8,11-18H2,1-3H3,(H,25,26). The molecule has 1 unspecified atom stereocenters. The second-order valence-electron chi connectivity index (χ2n) is 8.54. The van der Waals surface area contributed by atoms with Crippen molar-refractivity contribution in [3.63, 3.8) is 0 Å². The van der Waals surface area contributed by atoms with Crippen LogP contribution in [0.1, 0.15) is 44.1 Å². The number of ether oxygens (including phenoxy) is 1. The number of likely N-dealkylation sites (N-methyl/N-ethyl adjacent to an activating group) is 1. The molecule has 1 N–H and O–H groups in total. The summed E-state index contributed by atoms with van der Waals surface area (Å²) in [6, 6.07) is 8.39. The van der Waals surface area contributed by atoms with E-state index in [0.29, 0.717) is 25.6 Å². The Bertz CT molecular complexity index is 811. The van der Waals surface area contributed by atoms with Gasteiger partial charge in [-0.2, -0.15) is 0 Å². The average molecular weight is 444 g/mol. The number of anilines is 1. The number of nitrogens with zero attached hydrogens (tertiary/aromatic N) is 4. The molecule has 2 amide bonds. The van der Waals surface area contributed by atoms with Crippen LogP contribution in [-0.2, 0) is 14.3 Å². The first-order valence-corrected chi connectivity index (χ1v) is 11.7. The van der Waals surface area contributed by atoms with E-state index < -0.39 is 0 Å². The van der Waals surface area contributed by atoms with E-state index in [0.717, 1.165) is 57.1 Å². The van der Waals surface area contributed by atoms with Crippen molar-refractivity contribution in [2.75, 3.05) is 64.9 Å². The van der Waals surface area contributed by atoms with Crippen molar-refractivity contribution in [2.45, 2.75) is 38.5 Å². The summed E-state index contributed by atoms with van der Waals surface area (Å²) < 4.78 is 5.45. The number of guanidine groups is 1. The van der Waals surface area contributed by atoms with Gasteiger partial charge >= 0.3 is 0 Å². The average Bonchev–Trinajstić information content (AvgIpc) is 3.37. The van der Waals surface area contributed by atoms with E-state index in [-0.39, 0.29) is 18.4 Å². The Kier molecular flexibility index (Phi) is 8.90. The molecule has 2 aliphatic heterocycles. The SMILES string of the molecule is CCOCCCNC(=NCC(=O)N(C)C)N1CC(CCN2CCCC2=O)c2ccccc21. The molecule has 1 saturated heterocycles. The summed E-state index contributed by atoms with van der Waals surface area (Å²) in [7, 11) is 3.49. The summed E-state index contributed by atoms with van der Waals surface area (Å²) in [5.74, 6) is 1.28. The Labute approximate surface area is 191 Å². The number of hydrogen-bond acceptors (Lipinski definition) is 4. The maximum absolute atomic E-state index is 12.2. The minimum atomic E-state index is -0.0322. The Morgan fingerprint density at radius 2 is 2.12 bits per heavy atom. The smallest absolute Gasteiger partial charge is 0.243 e. The highest BCUT2D eigenvalue weighted by Crippen LogP contribution is 2.38. The van der Waals surface area contributed by atoms with Crippen molar-refractivity contribution in [1.29, 1.82) is 0 Å². The molecule has 0 radical (unpaired) electrons. The summed E-state index contributed by atoms with van der Waals surface area (Å²) in [6.07, 6.45) is 3.43. The molecule has 0 saturated carbocycles. The minimum absolute atomic E-state index is 0.0322. The van der Waals surface area contributed by atoms with Gasteiger partial charge in [0.25, 0.3) is 0 Å². The predicted octanol–water partition coefficient (Wildman–Crippen LogP) is 2.06. The van der Waals surface area contributed by atoms with Crippen molar-refractivity contribution >= 4 is 23.5 Å². The van der Waals surface area contributed by atoms with Gasteiger partial charge in [0.2, 0.25) is 11.8 Å². The Morgan fingerprint density at radius 1 is 1.31 bits per heavy atom. The van der Waals surface area contributed by atoms with Crippen LogP contribution in [0.4, 0.5) is 5.69 Å². The number of likely N-dealkylation sites (tertiary alicyclic amines) is 1. The van der Waals surface area contributed by atoms with E-state index in [1.807, 2.05) is 17.9 Å². The van der Waals surface area contributed by atoms with Crippen LogP contribution in [0, 0.1) is 0 Å². The zero-order valence-corrected chi connectivity index (χ0v) is 19.7. The first-order valence-electron chi connectivity index (χ1n) is 11.7. The number of hydrogen-bond donors (Lipinski definition) is 1. The van der Waals surface area contributed by atoms with Gasteiger partial charge in [-0.05, 0) is 37.8 Å². The molecule has 1 atom stereocenters. The van der Waals surface area contributed by atoms with Crippen molar-refractivity contribution in [2.24, 2.45) is 4.99 Å². The van der Waals surface area contributed by atoms with Crippen LogP contribution in [0.3, 0.4) is 0 Å². The fourth-order valence-corrected chi connectivity index (χ4v) is 4.23. The highest BCUT2D eigenvalue weighted by atomic mass is 16.5. The molecular formula is C24H37N5O3. The van der Waals surface area contributed by atoms with Crippen LogP contribution in [0.2, 0.25) is 0 Å². The largest absolute Gasteiger partial charge is 0.382 e. The Morgan fingerprint density at radius 3 is 2.84 bits per heavy atom. The van der Waals surface area contributed by atoms with E-state index in [4.69, 9.17) is 4.74 Å².